The number of aromatic nitrogens is 4. The topological polar surface area (TPSA) is 81.9 Å². The van der Waals surface area contributed by atoms with Crippen LogP contribution < -0.4 is 10.1 Å². The number of rotatable bonds is 4. The fourth-order valence-electron chi connectivity index (χ4n) is 2.33. The Hall–Kier alpha value is -2.96. The predicted molar refractivity (Wildman–Crippen MR) is 90.9 cm³/mol. The molecule has 24 heavy (non-hydrogen) atoms. The van der Waals surface area contributed by atoms with Gasteiger partial charge < -0.3 is 10.1 Å². The minimum absolute atomic E-state index is 0.210. The van der Waals surface area contributed by atoms with Crippen LogP contribution in [0.15, 0.2) is 36.8 Å². The molecule has 0 aliphatic rings. The number of carbonyl (C=O) groups is 1. The van der Waals surface area contributed by atoms with E-state index in [1.807, 2.05) is 32.0 Å². The van der Waals surface area contributed by atoms with Crippen molar-refractivity contribution >= 4 is 17.2 Å². The zero-order valence-corrected chi connectivity index (χ0v) is 13.9. The minimum Gasteiger partial charge on any atom is -0.468 e. The minimum atomic E-state index is -0.301. The van der Waals surface area contributed by atoms with Crippen molar-refractivity contribution in [3.05, 3.63) is 36.8 Å². The standard InChI is InChI=1S/C17H19N5O2/c1-11(2)8-20-16(23)22-15-14(21-17(22)24-3)7-13(10-19-15)12-5-4-6-18-9-12/h4-7,9-11H,8H2,1-3H3,(H,20,23). The van der Waals surface area contributed by atoms with E-state index in [1.165, 1.54) is 11.7 Å². The zero-order valence-electron chi connectivity index (χ0n) is 13.9. The number of nitrogens with zero attached hydrogens (tertiary/aromatic N) is 4. The van der Waals surface area contributed by atoms with Crippen molar-refractivity contribution in [2.45, 2.75) is 13.8 Å². The van der Waals surface area contributed by atoms with Gasteiger partial charge in [0.1, 0.15) is 5.52 Å². The van der Waals surface area contributed by atoms with E-state index in [-0.39, 0.29) is 12.0 Å². The van der Waals surface area contributed by atoms with E-state index in [2.05, 4.69) is 20.3 Å². The molecule has 7 heteroatoms. The summed E-state index contributed by atoms with van der Waals surface area (Å²) in [5.74, 6) is 0.347. The van der Waals surface area contributed by atoms with Crippen LogP contribution in [-0.4, -0.2) is 39.2 Å². The lowest BCUT2D eigenvalue weighted by molar-refractivity contribution is 0.237. The van der Waals surface area contributed by atoms with Gasteiger partial charge in [-0.25, -0.2) is 9.78 Å². The molecule has 1 N–H and O–H groups in total. The Bertz CT molecular complexity index is 858. The summed E-state index contributed by atoms with van der Waals surface area (Å²) < 4.78 is 6.59. The molecule has 0 aliphatic heterocycles. The Labute approximate surface area is 139 Å². The van der Waals surface area contributed by atoms with Gasteiger partial charge in [-0.2, -0.15) is 9.55 Å². The van der Waals surface area contributed by atoms with Crippen LogP contribution in [0, 0.1) is 5.92 Å². The monoisotopic (exact) mass is 325 g/mol. The summed E-state index contributed by atoms with van der Waals surface area (Å²) in [6.45, 7) is 4.62. The molecule has 0 radical (unpaired) electrons. The first-order valence-corrected chi connectivity index (χ1v) is 7.71. The molecule has 0 aliphatic carbocycles. The van der Waals surface area contributed by atoms with Gasteiger partial charge in [0.15, 0.2) is 5.65 Å². The lowest BCUT2D eigenvalue weighted by Crippen LogP contribution is -2.31. The van der Waals surface area contributed by atoms with E-state index in [4.69, 9.17) is 4.74 Å². The Morgan fingerprint density at radius 1 is 1.33 bits per heavy atom. The van der Waals surface area contributed by atoms with Crippen molar-refractivity contribution in [2.24, 2.45) is 5.92 Å². The van der Waals surface area contributed by atoms with Gasteiger partial charge in [-0.3, -0.25) is 4.98 Å². The Morgan fingerprint density at radius 2 is 2.17 bits per heavy atom. The number of carbonyl (C=O) groups excluding carboxylic acids is 1. The SMILES string of the molecule is COc1nc2cc(-c3cccnc3)cnc2n1C(=O)NCC(C)C. The number of nitrogens with one attached hydrogen (secondary N) is 1. The maximum absolute atomic E-state index is 12.4. The average Bonchev–Trinajstić information content (AvgIpc) is 2.98. The van der Waals surface area contributed by atoms with E-state index < -0.39 is 0 Å². The van der Waals surface area contributed by atoms with Gasteiger partial charge in [-0.1, -0.05) is 19.9 Å². The van der Waals surface area contributed by atoms with Crippen molar-refractivity contribution < 1.29 is 9.53 Å². The van der Waals surface area contributed by atoms with Crippen LogP contribution in [0.1, 0.15) is 13.8 Å². The van der Waals surface area contributed by atoms with Gasteiger partial charge in [0.2, 0.25) is 0 Å². The van der Waals surface area contributed by atoms with Gasteiger partial charge in [0.05, 0.1) is 7.11 Å². The maximum atomic E-state index is 12.4. The molecule has 0 saturated heterocycles. The number of methoxy groups -OCH3 is 1. The molecule has 3 heterocycles. The fourth-order valence-corrected chi connectivity index (χ4v) is 2.33. The molecule has 0 atom stereocenters. The fraction of sp³-hybridized carbons (Fsp3) is 0.294. The molecule has 1 amide bonds. The lowest BCUT2D eigenvalue weighted by atomic mass is 10.1. The Balaban J connectivity index is 2.02. The number of pyridine rings is 2. The quantitative estimate of drug-likeness (QED) is 0.797. The number of fused-ring (bicyclic) bond motifs is 1. The second-order valence-electron chi connectivity index (χ2n) is 5.82. The first kappa shape index (κ1) is 15.9. The highest BCUT2D eigenvalue weighted by Crippen LogP contribution is 2.24. The molecule has 0 fully saturated rings. The molecule has 3 rings (SSSR count). The van der Waals surface area contributed by atoms with E-state index in [1.54, 1.807) is 18.6 Å². The van der Waals surface area contributed by atoms with Gasteiger partial charge >= 0.3 is 12.0 Å². The number of imidazole rings is 1. The predicted octanol–water partition coefficient (Wildman–Crippen LogP) is 2.72. The molecule has 0 aromatic carbocycles. The molecule has 0 unspecified atom stereocenters. The van der Waals surface area contributed by atoms with Crippen LogP contribution in [-0.2, 0) is 0 Å². The largest absolute Gasteiger partial charge is 0.468 e. The summed E-state index contributed by atoms with van der Waals surface area (Å²) in [6.07, 6.45) is 5.17. The van der Waals surface area contributed by atoms with Crippen LogP contribution in [0.25, 0.3) is 22.3 Å². The van der Waals surface area contributed by atoms with Crippen LogP contribution in [0.3, 0.4) is 0 Å². The first-order chi connectivity index (χ1) is 11.6. The summed E-state index contributed by atoms with van der Waals surface area (Å²) in [5, 5.41) is 2.85. The van der Waals surface area contributed by atoms with Crippen molar-refractivity contribution in [3.8, 4) is 17.1 Å². The third kappa shape index (κ3) is 3.05. The molecule has 3 aromatic heterocycles. The van der Waals surface area contributed by atoms with Crippen molar-refractivity contribution in [1.29, 1.82) is 0 Å². The summed E-state index contributed by atoms with van der Waals surface area (Å²) in [6, 6.07) is 5.58. The number of hydrogen-bond acceptors (Lipinski definition) is 5. The second-order valence-corrected chi connectivity index (χ2v) is 5.82. The van der Waals surface area contributed by atoms with Gasteiger partial charge in [-0.15, -0.1) is 0 Å². The highest BCUT2D eigenvalue weighted by Gasteiger charge is 2.19. The molecule has 124 valence electrons. The summed E-state index contributed by atoms with van der Waals surface area (Å²) in [4.78, 5) is 25.3. The summed E-state index contributed by atoms with van der Waals surface area (Å²) in [5.41, 5.74) is 2.86. The Kier molecular flexibility index (Phi) is 4.41. The van der Waals surface area contributed by atoms with Gasteiger partial charge in [-0.05, 0) is 18.1 Å². The molecule has 3 aromatic rings. The second kappa shape index (κ2) is 6.66. The third-order valence-electron chi connectivity index (χ3n) is 3.51. The van der Waals surface area contributed by atoms with Crippen molar-refractivity contribution in [2.75, 3.05) is 13.7 Å². The van der Waals surface area contributed by atoms with E-state index >= 15 is 0 Å². The third-order valence-corrected chi connectivity index (χ3v) is 3.51. The van der Waals surface area contributed by atoms with Gasteiger partial charge in [0, 0.05) is 36.3 Å². The van der Waals surface area contributed by atoms with Crippen LogP contribution in [0.4, 0.5) is 4.79 Å². The highest BCUT2D eigenvalue weighted by atomic mass is 16.5. The molecule has 7 nitrogen and oxygen atoms in total. The smallest absolute Gasteiger partial charge is 0.331 e. The normalized spacial score (nSPS) is 11.0. The zero-order chi connectivity index (χ0) is 17.1. The van der Waals surface area contributed by atoms with E-state index in [0.29, 0.717) is 23.6 Å². The molecular weight excluding hydrogens is 306 g/mol. The summed E-state index contributed by atoms with van der Waals surface area (Å²) >= 11 is 0. The van der Waals surface area contributed by atoms with E-state index in [0.717, 1.165) is 11.1 Å². The first-order valence-electron chi connectivity index (χ1n) is 7.71. The van der Waals surface area contributed by atoms with Crippen LogP contribution in [0.5, 0.6) is 6.01 Å². The molecule has 0 saturated carbocycles. The van der Waals surface area contributed by atoms with Crippen LogP contribution in [0.2, 0.25) is 0 Å². The number of hydrogen-bond donors (Lipinski definition) is 1. The average molecular weight is 325 g/mol. The van der Waals surface area contributed by atoms with Crippen molar-refractivity contribution in [3.63, 3.8) is 0 Å². The van der Waals surface area contributed by atoms with Gasteiger partial charge in [0.25, 0.3) is 0 Å². The molecular formula is C17H19N5O2. The Morgan fingerprint density at radius 3 is 2.83 bits per heavy atom. The number of amides is 1. The summed E-state index contributed by atoms with van der Waals surface area (Å²) in [7, 11) is 1.48. The highest BCUT2D eigenvalue weighted by molar-refractivity contribution is 5.90. The lowest BCUT2D eigenvalue weighted by Gasteiger charge is -2.09. The van der Waals surface area contributed by atoms with Crippen LogP contribution >= 0.6 is 0 Å². The van der Waals surface area contributed by atoms with E-state index in [9.17, 15) is 4.79 Å². The van der Waals surface area contributed by atoms with Crippen molar-refractivity contribution in [1.82, 2.24) is 24.8 Å². The molecule has 0 spiro atoms. The molecule has 0 bridgehead atoms. The number of ether oxygens (including phenoxy) is 1. The maximum Gasteiger partial charge on any atom is 0.331 e.